The van der Waals surface area contributed by atoms with Crippen molar-refractivity contribution >= 4 is 31.9 Å². The molecule has 0 amide bonds. The summed E-state index contributed by atoms with van der Waals surface area (Å²) in [7, 11) is 0. The van der Waals surface area contributed by atoms with Gasteiger partial charge in [-0.25, -0.2) is 0 Å². The van der Waals surface area contributed by atoms with Crippen LogP contribution in [0.4, 0.5) is 0 Å². The number of aryl methyl sites for hydroxylation is 2. The largest absolute Gasteiger partial charge is 0.268 e. The van der Waals surface area contributed by atoms with Crippen molar-refractivity contribution in [3.05, 3.63) is 15.9 Å². The maximum absolute atomic E-state index is 4.49. The molecule has 0 aromatic carbocycles. The molecule has 1 aromatic rings. The first-order chi connectivity index (χ1) is 7.10. The number of rotatable bonds is 5. The molecule has 1 rings (SSSR count). The van der Waals surface area contributed by atoms with Gasteiger partial charge in [0.05, 0.1) is 15.9 Å². The van der Waals surface area contributed by atoms with Gasteiger partial charge in [0.15, 0.2) is 0 Å². The van der Waals surface area contributed by atoms with Gasteiger partial charge in [-0.2, -0.15) is 5.10 Å². The van der Waals surface area contributed by atoms with Crippen LogP contribution < -0.4 is 0 Å². The van der Waals surface area contributed by atoms with Crippen LogP contribution in [0.3, 0.4) is 0 Å². The SMILES string of the molecule is CCn1nc(C)c(Br)c1CCC(C)CBr. The van der Waals surface area contributed by atoms with Crippen molar-refractivity contribution < 1.29 is 0 Å². The second kappa shape index (κ2) is 6.04. The molecule has 0 bridgehead atoms. The average molecular weight is 338 g/mol. The number of halogens is 2. The summed E-state index contributed by atoms with van der Waals surface area (Å²) in [5, 5.41) is 5.56. The van der Waals surface area contributed by atoms with Crippen LogP contribution in [0.15, 0.2) is 4.47 Å². The fourth-order valence-electron chi connectivity index (χ4n) is 1.57. The molecule has 0 radical (unpaired) electrons. The van der Waals surface area contributed by atoms with E-state index < -0.39 is 0 Å². The number of hydrogen-bond acceptors (Lipinski definition) is 1. The molecule has 0 saturated carbocycles. The Labute approximate surface area is 109 Å². The van der Waals surface area contributed by atoms with Crippen molar-refractivity contribution in [2.24, 2.45) is 5.92 Å². The molecule has 0 N–H and O–H groups in total. The molecule has 0 fully saturated rings. The van der Waals surface area contributed by atoms with E-state index in [9.17, 15) is 0 Å². The van der Waals surface area contributed by atoms with Crippen LogP contribution in [-0.4, -0.2) is 15.1 Å². The van der Waals surface area contributed by atoms with Crippen molar-refractivity contribution in [1.29, 1.82) is 0 Å². The third kappa shape index (κ3) is 3.31. The first-order valence-corrected chi connectivity index (χ1v) is 7.29. The van der Waals surface area contributed by atoms with Gasteiger partial charge in [-0.15, -0.1) is 0 Å². The van der Waals surface area contributed by atoms with Crippen LogP contribution in [0.1, 0.15) is 31.7 Å². The van der Waals surface area contributed by atoms with Gasteiger partial charge in [0, 0.05) is 11.9 Å². The molecule has 1 unspecified atom stereocenters. The van der Waals surface area contributed by atoms with Gasteiger partial charge in [-0.3, -0.25) is 4.68 Å². The van der Waals surface area contributed by atoms with Crippen molar-refractivity contribution in [2.75, 3.05) is 5.33 Å². The minimum Gasteiger partial charge on any atom is -0.268 e. The van der Waals surface area contributed by atoms with E-state index in [1.54, 1.807) is 0 Å². The molecule has 0 aliphatic carbocycles. The molecule has 2 nitrogen and oxygen atoms in total. The molecule has 15 heavy (non-hydrogen) atoms. The topological polar surface area (TPSA) is 17.8 Å². The van der Waals surface area contributed by atoms with Crippen molar-refractivity contribution in [3.63, 3.8) is 0 Å². The fourth-order valence-corrected chi connectivity index (χ4v) is 2.37. The second-order valence-electron chi connectivity index (χ2n) is 3.96. The summed E-state index contributed by atoms with van der Waals surface area (Å²) in [6, 6.07) is 0. The second-order valence-corrected chi connectivity index (χ2v) is 5.40. The molecule has 86 valence electrons. The summed E-state index contributed by atoms with van der Waals surface area (Å²) in [5.41, 5.74) is 2.43. The van der Waals surface area contributed by atoms with E-state index in [1.807, 2.05) is 6.92 Å². The Balaban J connectivity index is 2.74. The monoisotopic (exact) mass is 336 g/mol. The van der Waals surface area contributed by atoms with Crippen LogP contribution in [0.25, 0.3) is 0 Å². The molecular weight excluding hydrogens is 320 g/mol. The highest BCUT2D eigenvalue weighted by atomic mass is 79.9. The normalized spacial score (nSPS) is 13.1. The Morgan fingerprint density at radius 1 is 1.47 bits per heavy atom. The van der Waals surface area contributed by atoms with Gasteiger partial charge in [-0.1, -0.05) is 22.9 Å². The van der Waals surface area contributed by atoms with Gasteiger partial charge in [0.1, 0.15) is 0 Å². The van der Waals surface area contributed by atoms with Crippen LogP contribution in [0.5, 0.6) is 0 Å². The number of aromatic nitrogens is 2. The van der Waals surface area contributed by atoms with Crippen molar-refractivity contribution in [2.45, 2.75) is 40.2 Å². The standard InChI is InChI=1S/C11H18Br2N2/c1-4-15-10(6-5-8(2)7-12)11(13)9(3)14-15/h8H,4-7H2,1-3H3. The maximum Gasteiger partial charge on any atom is 0.0738 e. The third-order valence-corrected chi connectivity index (χ3v) is 4.73. The van der Waals surface area contributed by atoms with Gasteiger partial charge in [0.25, 0.3) is 0 Å². The van der Waals surface area contributed by atoms with Crippen LogP contribution in [0, 0.1) is 12.8 Å². The summed E-state index contributed by atoms with van der Waals surface area (Å²) in [4.78, 5) is 0. The summed E-state index contributed by atoms with van der Waals surface area (Å²) in [5.74, 6) is 0.720. The van der Waals surface area contributed by atoms with Crippen molar-refractivity contribution in [3.8, 4) is 0 Å². The van der Waals surface area contributed by atoms with Gasteiger partial charge < -0.3 is 0 Å². The molecule has 0 aliphatic rings. The smallest absolute Gasteiger partial charge is 0.0738 e. The summed E-state index contributed by atoms with van der Waals surface area (Å²) < 4.78 is 3.28. The molecule has 1 atom stereocenters. The van der Waals surface area contributed by atoms with Gasteiger partial charge in [-0.05, 0) is 48.5 Å². The van der Waals surface area contributed by atoms with Crippen LogP contribution >= 0.6 is 31.9 Å². The maximum atomic E-state index is 4.49. The molecule has 0 spiro atoms. The van der Waals surface area contributed by atoms with Crippen molar-refractivity contribution in [1.82, 2.24) is 9.78 Å². The first-order valence-electron chi connectivity index (χ1n) is 5.37. The minimum atomic E-state index is 0.720. The highest BCUT2D eigenvalue weighted by Gasteiger charge is 2.12. The van der Waals surface area contributed by atoms with Gasteiger partial charge in [0.2, 0.25) is 0 Å². The Morgan fingerprint density at radius 2 is 2.13 bits per heavy atom. The predicted molar refractivity (Wildman–Crippen MR) is 71.6 cm³/mol. The predicted octanol–water partition coefficient (Wildman–Crippen LogP) is 3.94. The van der Waals surface area contributed by atoms with Crippen LogP contribution in [-0.2, 0) is 13.0 Å². The van der Waals surface area contributed by atoms with Gasteiger partial charge >= 0.3 is 0 Å². The molecule has 1 heterocycles. The first kappa shape index (κ1) is 13.2. The van der Waals surface area contributed by atoms with E-state index in [0.29, 0.717) is 0 Å². The van der Waals surface area contributed by atoms with E-state index in [-0.39, 0.29) is 0 Å². The fraction of sp³-hybridized carbons (Fsp3) is 0.727. The zero-order chi connectivity index (χ0) is 11.4. The lowest BCUT2D eigenvalue weighted by atomic mass is 10.1. The molecule has 4 heteroatoms. The Bertz CT molecular complexity index is 321. The minimum absolute atomic E-state index is 0.720. The molecule has 0 aliphatic heterocycles. The zero-order valence-electron chi connectivity index (χ0n) is 9.56. The van der Waals surface area contributed by atoms with E-state index in [0.717, 1.165) is 29.9 Å². The number of nitrogens with zero attached hydrogens (tertiary/aromatic N) is 2. The van der Waals surface area contributed by atoms with E-state index in [2.05, 4.69) is 55.5 Å². The van der Waals surface area contributed by atoms with E-state index in [4.69, 9.17) is 0 Å². The number of hydrogen-bond donors (Lipinski definition) is 0. The van der Waals surface area contributed by atoms with Crippen LogP contribution in [0.2, 0.25) is 0 Å². The van der Waals surface area contributed by atoms with E-state index >= 15 is 0 Å². The Hall–Kier alpha value is 0.170. The lowest BCUT2D eigenvalue weighted by Crippen LogP contribution is -2.06. The Kier molecular flexibility index (Phi) is 5.33. The molecule has 1 aromatic heterocycles. The summed E-state index contributed by atoms with van der Waals surface area (Å²) in [6.45, 7) is 7.40. The highest BCUT2D eigenvalue weighted by molar-refractivity contribution is 9.10. The summed E-state index contributed by atoms with van der Waals surface area (Å²) >= 11 is 7.13. The third-order valence-electron chi connectivity index (χ3n) is 2.59. The van der Waals surface area contributed by atoms with E-state index in [1.165, 1.54) is 16.6 Å². The highest BCUT2D eigenvalue weighted by Crippen LogP contribution is 2.23. The number of alkyl halides is 1. The Morgan fingerprint density at radius 3 is 2.67 bits per heavy atom. The zero-order valence-corrected chi connectivity index (χ0v) is 12.7. The lowest BCUT2D eigenvalue weighted by Gasteiger charge is -2.09. The molecular formula is C11H18Br2N2. The average Bonchev–Trinajstić information content (AvgIpc) is 2.52. The summed E-state index contributed by atoms with van der Waals surface area (Å²) in [6.07, 6.45) is 2.30. The lowest BCUT2D eigenvalue weighted by molar-refractivity contribution is 0.553. The quantitative estimate of drug-likeness (QED) is 0.744. The molecule has 0 saturated heterocycles.